The lowest BCUT2D eigenvalue weighted by Crippen LogP contribution is -2.61. The van der Waals surface area contributed by atoms with Crippen LogP contribution in [0.2, 0.25) is 0 Å². The fourth-order valence-electron chi connectivity index (χ4n) is 2.34. The minimum Gasteiger partial charge on any atom is -0.303 e. The fraction of sp³-hybridized carbons (Fsp3) is 1.00. The smallest absolute Gasteiger partial charge is 0.0403 e. The summed E-state index contributed by atoms with van der Waals surface area (Å²) < 4.78 is 0. The van der Waals surface area contributed by atoms with E-state index in [2.05, 4.69) is 43.2 Å². The Labute approximate surface area is 93.8 Å². The first-order valence-electron chi connectivity index (χ1n) is 5.95. The molecule has 1 rings (SSSR count). The van der Waals surface area contributed by atoms with E-state index in [0.29, 0.717) is 18.0 Å². The average molecular weight is 214 g/mol. The third-order valence-corrected chi connectivity index (χ3v) is 3.76. The zero-order valence-electron chi connectivity index (χ0n) is 10.5. The van der Waals surface area contributed by atoms with Crippen LogP contribution in [-0.4, -0.2) is 55.6 Å². The molecule has 4 nitrogen and oxygen atoms in total. The molecule has 0 aliphatic carbocycles. The van der Waals surface area contributed by atoms with Crippen molar-refractivity contribution in [2.24, 2.45) is 11.8 Å². The second-order valence-corrected chi connectivity index (χ2v) is 4.89. The van der Waals surface area contributed by atoms with Gasteiger partial charge in [0.05, 0.1) is 0 Å². The maximum Gasteiger partial charge on any atom is 0.0403 e. The molecule has 0 aromatic carbocycles. The summed E-state index contributed by atoms with van der Waals surface area (Å²) in [4.78, 5) is 4.81. The summed E-state index contributed by atoms with van der Waals surface area (Å²) >= 11 is 0. The molecule has 3 N–H and O–H groups in total. The lowest BCUT2D eigenvalue weighted by atomic mass is 9.91. The number of nitrogens with two attached hydrogens (primary N) is 1. The normalized spacial score (nSPS) is 29.0. The summed E-state index contributed by atoms with van der Waals surface area (Å²) in [6, 6.07) is 0.923. The second-order valence-electron chi connectivity index (χ2n) is 4.89. The summed E-state index contributed by atoms with van der Waals surface area (Å²) in [6.07, 6.45) is 1.17. The minimum absolute atomic E-state index is 0.391. The third kappa shape index (κ3) is 3.14. The highest BCUT2D eigenvalue weighted by Crippen LogP contribution is 2.17. The van der Waals surface area contributed by atoms with Crippen LogP contribution < -0.4 is 11.3 Å². The van der Waals surface area contributed by atoms with Crippen molar-refractivity contribution in [1.82, 2.24) is 15.2 Å². The second kappa shape index (κ2) is 5.80. The highest BCUT2D eigenvalue weighted by atomic mass is 15.3. The van der Waals surface area contributed by atoms with Gasteiger partial charge in [-0.2, -0.15) is 0 Å². The minimum atomic E-state index is 0.391. The zero-order valence-corrected chi connectivity index (χ0v) is 10.5. The molecule has 1 aliphatic rings. The molecule has 0 spiro atoms. The third-order valence-electron chi connectivity index (χ3n) is 3.76. The van der Waals surface area contributed by atoms with Crippen LogP contribution in [0.15, 0.2) is 0 Å². The lowest BCUT2D eigenvalue weighted by molar-refractivity contribution is 0.0715. The lowest BCUT2D eigenvalue weighted by Gasteiger charge is -2.43. The molecule has 3 atom stereocenters. The number of hydrogen-bond acceptors (Lipinski definition) is 4. The molecule has 1 fully saturated rings. The number of hydrazine groups is 1. The molecular weight excluding hydrogens is 188 g/mol. The van der Waals surface area contributed by atoms with E-state index in [-0.39, 0.29) is 0 Å². The Morgan fingerprint density at radius 1 is 1.40 bits per heavy atom. The van der Waals surface area contributed by atoms with Crippen LogP contribution in [0.25, 0.3) is 0 Å². The van der Waals surface area contributed by atoms with Gasteiger partial charge >= 0.3 is 0 Å². The largest absolute Gasteiger partial charge is 0.303 e. The predicted octanol–water partition coefficient (Wildman–Crippen LogP) is 0.110. The van der Waals surface area contributed by atoms with Crippen molar-refractivity contribution < 1.29 is 0 Å². The molecule has 1 heterocycles. The molecule has 0 saturated carbocycles. The van der Waals surface area contributed by atoms with Gasteiger partial charge in [-0.05, 0) is 20.0 Å². The van der Waals surface area contributed by atoms with Crippen molar-refractivity contribution in [3.05, 3.63) is 0 Å². The van der Waals surface area contributed by atoms with Gasteiger partial charge < -0.3 is 4.90 Å². The van der Waals surface area contributed by atoms with E-state index in [1.807, 2.05) is 0 Å². The van der Waals surface area contributed by atoms with Crippen molar-refractivity contribution in [2.45, 2.75) is 32.4 Å². The van der Waals surface area contributed by atoms with Gasteiger partial charge in [-0.25, -0.2) is 0 Å². The predicted molar refractivity (Wildman–Crippen MR) is 64.5 cm³/mol. The maximum atomic E-state index is 5.69. The van der Waals surface area contributed by atoms with E-state index < -0.39 is 0 Å². The molecule has 0 amide bonds. The number of nitrogens with one attached hydrogen (secondary N) is 1. The summed E-state index contributed by atoms with van der Waals surface area (Å²) in [6.45, 7) is 7.89. The van der Waals surface area contributed by atoms with Crippen molar-refractivity contribution in [2.75, 3.05) is 33.7 Å². The molecule has 0 radical (unpaired) electrons. The van der Waals surface area contributed by atoms with Crippen LogP contribution in [0.4, 0.5) is 0 Å². The number of rotatable bonds is 4. The first-order valence-corrected chi connectivity index (χ1v) is 5.95. The van der Waals surface area contributed by atoms with Crippen molar-refractivity contribution in [3.8, 4) is 0 Å². The Morgan fingerprint density at radius 2 is 2.07 bits per heavy atom. The van der Waals surface area contributed by atoms with E-state index in [1.165, 1.54) is 6.42 Å². The van der Waals surface area contributed by atoms with E-state index in [4.69, 9.17) is 5.84 Å². The number of piperazine rings is 1. The highest BCUT2D eigenvalue weighted by molar-refractivity contribution is 4.90. The molecule has 3 unspecified atom stereocenters. The van der Waals surface area contributed by atoms with Gasteiger partial charge in [0.1, 0.15) is 0 Å². The first kappa shape index (κ1) is 12.9. The maximum absolute atomic E-state index is 5.69. The summed E-state index contributed by atoms with van der Waals surface area (Å²) in [5.41, 5.74) is 3.01. The van der Waals surface area contributed by atoms with Crippen LogP contribution >= 0.6 is 0 Å². The van der Waals surface area contributed by atoms with E-state index in [0.717, 1.165) is 19.6 Å². The molecule has 0 bridgehead atoms. The molecule has 0 aromatic rings. The number of hydrogen-bond donors (Lipinski definition) is 2. The number of likely N-dealkylation sites (N-methyl/N-ethyl adjacent to an activating group) is 2. The van der Waals surface area contributed by atoms with Gasteiger partial charge in [-0.15, -0.1) is 0 Å². The van der Waals surface area contributed by atoms with Gasteiger partial charge in [0.15, 0.2) is 0 Å². The van der Waals surface area contributed by atoms with Crippen LogP contribution in [0, 0.1) is 5.92 Å². The van der Waals surface area contributed by atoms with Crippen molar-refractivity contribution in [3.63, 3.8) is 0 Å². The van der Waals surface area contributed by atoms with Crippen LogP contribution in [0.5, 0.6) is 0 Å². The monoisotopic (exact) mass is 214 g/mol. The topological polar surface area (TPSA) is 44.5 Å². The van der Waals surface area contributed by atoms with Crippen LogP contribution in [0.1, 0.15) is 20.3 Å². The van der Waals surface area contributed by atoms with Crippen LogP contribution in [-0.2, 0) is 0 Å². The zero-order chi connectivity index (χ0) is 11.4. The SMILES string of the molecule is CCC(C)C(NN)C1CN(C)CCN1C. The Kier molecular flexibility index (Phi) is 4.99. The van der Waals surface area contributed by atoms with E-state index >= 15 is 0 Å². The standard InChI is InChI=1S/C11H26N4/c1-5-9(2)11(13-12)10-8-14(3)6-7-15(10)4/h9-11,13H,5-8,12H2,1-4H3. The van der Waals surface area contributed by atoms with Gasteiger partial charge in [-0.1, -0.05) is 20.3 Å². The highest BCUT2D eigenvalue weighted by Gasteiger charge is 2.31. The first-order chi connectivity index (χ1) is 7.10. The van der Waals surface area contributed by atoms with Gasteiger partial charge in [0.2, 0.25) is 0 Å². The van der Waals surface area contributed by atoms with E-state index in [1.54, 1.807) is 0 Å². The van der Waals surface area contributed by atoms with E-state index in [9.17, 15) is 0 Å². The van der Waals surface area contributed by atoms with Crippen molar-refractivity contribution in [1.29, 1.82) is 0 Å². The molecule has 90 valence electrons. The number of nitrogens with zero attached hydrogens (tertiary/aromatic N) is 2. The van der Waals surface area contributed by atoms with Crippen molar-refractivity contribution >= 4 is 0 Å². The molecule has 1 saturated heterocycles. The van der Waals surface area contributed by atoms with Gasteiger partial charge in [0.25, 0.3) is 0 Å². The molecule has 4 heteroatoms. The average Bonchev–Trinajstić information content (AvgIpc) is 2.23. The molecule has 1 aliphatic heterocycles. The molecular formula is C11H26N4. The fourth-order valence-corrected chi connectivity index (χ4v) is 2.34. The molecule has 15 heavy (non-hydrogen) atoms. The van der Waals surface area contributed by atoms with Crippen LogP contribution in [0.3, 0.4) is 0 Å². The summed E-state index contributed by atoms with van der Waals surface area (Å²) in [5, 5.41) is 0. The van der Waals surface area contributed by atoms with Gasteiger partial charge in [0, 0.05) is 31.7 Å². The Morgan fingerprint density at radius 3 is 2.60 bits per heavy atom. The summed E-state index contributed by atoms with van der Waals surface area (Å²) in [5.74, 6) is 6.31. The Balaban J connectivity index is 2.64. The molecule has 0 aromatic heterocycles. The Bertz CT molecular complexity index is 185. The Hall–Kier alpha value is -0.160. The quantitative estimate of drug-likeness (QED) is 0.515. The van der Waals surface area contributed by atoms with Gasteiger partial charge in [-0.3, -0.25) is 16.2 Å². The summed E-state index contributed by atoms with van der Waals surface area (Å²) in [7, 11) is 4.38.